The molecule has 30 heavy (non-hydrogen) atoms. The Morgan fingerprint density at radius 1 is 1.13 bits per heavy atom. The van der Waals surface area contributed by atoms with Crippen LogP contribution in [0.2, 0.25) is 5.02 Å². The van der Waals surface area contributed by atoms with Gasteiger partial charge < -0.3 is 4.90 Å². The molecule has 0 radical (unpaired) electrons. The summed E-state index contributed by atoms with van der Waals surface area (Å²) in [6, 6.07) is 16.0. The van der Waals surface area contributed by atoms with Gasteiger partial charge in [0.05, 0.1) is 5.02 Å². The average molecular weight is 441 g/mol. The zero-order valence-electron chi connectivity index (χ0n) is 17.2. The highest BCUT2D eigenvalue weighted by atomic mass is 35.5. The Balaban J connectivity index is 1.61. The third kappa shape index (κ3) is 4.40. The summed E-state index contributed by atoms with van der Waals surface area (Å²) >= 11 is 8.13. The van der Waals surface area contributed by atoms with Gasteiger partial charge >= 0.3 is 0 Å². The van der Waals surface area contributed by atoms with Gasteiger partial charge in [-0.25, -0.2) is 0 Å². The minimum atomic E-state index is 0.0111. The maximum atomic E-state index is 12.3. The molecule has 5 nitrogen and oxygen atoms in total. The number of rotatable bonds is 6. The third-order valence-electron chi connectivity index (χ3n) is 5.42. The lowest BCUT2D eigenvalue weighted by Crippen LogP contribution is -2.21. The van der Waals surface area contributed by atoms with E-state index in [1.807, 2.05) is 48.5 Å². The van der Waals surface area contributed by atoms with Crippen molar-refractivity contribution in [3.8, 4) is 11.4 Å². The van der Waals surface area contributed by atoms with Crippen LogP contribution in [0.5, 0.6) is 0 Å². The summed E-state index contributed by atoms with van der Waals surface area (Å²) in [5.41, 5.74) is 2.71. The summed E-state index contributed by atoms with van der Waals surface area (Å²) in [4.78, 5) is 13.9. The van der Waals surface area contributed by atoms with Gasteiger partial charge in [-0.05, 0) is 42.7 Å². The highest BCUT2D eigenvalue weighted by Crippen LogP contribution is 2.38. The van der Waals surface area contributed by atoms with Gasteiger partial charge in [0.1, 0.15) is 0 Å². The molecule has 3 aromatic rings. The Labute approximate surface area is 186 Å². The molecule has 0 atom stereocenters. The van der Waals surface area contributed by atoms with Crippen molar-refractivity contribution < 1.29 is 4.79 Å². The number of nitrogens with zero attached hydrogens (tertiary/aromatic N) is 4. The number of hydrogen-bond donors (Lipinski definition) is 0. The molecule has 1 saturated carbocycles. The fraction of sp³-hybridized carbons (Fsp3) is 0.348. The average Bonchev–Trinajstić information content (AvgIpc) is 3.41. The van der Waals surface area contributed by atoms with Crippen molar-refractivity contribution in [3.63, 3.8) is 0 Å². The monoisotopic (exact) mass is 440 g/mol. The largest absolute Gasteiger partial charge is 0.345 e. The highest BCUT2D eigenvalue weighted by molar-refractivity contribution is 7.98. The van der Waals surface area contributed by atoms with Crippen molar-refractivity contribution in [1.29, 1.82) is 0 Å². The molecule has 1 aliphatic carbocycles. The second kappa shape index (κ2) is 9.23. The Kier molecular flexibility index (Phi) is 6.44. The van der Waals surface area contributed by atoms with Crippen molar-refractivity contribution in [2.75, 3.05) is 14.1 Å². The standard InChI is InChI=1S/C23H25ClN4OS/c1-27(2)22(29)17-9-7-8-16(14-17)15-30-23-26-25-21(19-12-5-6-13-20(19)24)28(23)18-10-3-4-11-18/h5-9,12-14,18H,3-4,10-11,15H2,1-2H3. The van der Waals surface area contributed by atoms with Crippen LogP contribution in [0, 0.1) is 0 Å². The third-order valence-corrected chi connectivity index (χ3v) is 6.76. The van der Waals surface area contributed by atoms with Crippen molar-refractivity contribution in [2.45, 2.75) is 42.6 Å². The van der Waals surface area contributed by atoms with Crippen molar-refractivity contribution in [1.82, 2.24) is 19.7 Å². The lowest BCUT2D eigenvalue weighted by molar-refractivity contribution is 0.0827. The van der Waals surface area contributed by atoms with Gasteiger partial charge in [0.2, 0.25) is 0 Å². The SMILES string of the molecule is CN(C)C(=O)c1cccc(CSc2nnc(-c3ccccc3Cl)n2C2CCCC2)c1. The minimum absolute atomic E-state index is 0.0111. The first kappa shape index (κ1) is 20.9. The summed E-state index contributed by atoms with van der Waals surface area (Å²) < 4.78 is 2.27. The van der Waals surface area contributed by atoms with Gasteiger partial charge in [-0.1, -0.05) is 60.5 Å². The molecule has 0 N–H and O–H groups in total. The first-order valence-corrected chi connectivity index (χ1v) is 11.5. The highest BCUT2D eigenvalue weighted by Gasteiger charge is 2.25. The lowest BCUT2D eigenvalue weighted by atomic mass is 10.1. The molecule has 1 fully saturated rings. The van der Waals surface area contributed by atoms with E-state index in [1.165, 1.54) is 12.8 Å². The molecule has 1 aromatic heterocycles. The number of halogens is 1. The first-order valence-electron chi connectivity index (χ1n) is 10.2. The van der Waals surface area contributed by atoms with Gasteiger partial charge in [-0.2, -0.15) is 0 Å². The van der Waals surface area contributed by atoms with Crippen LogP contribution in [0.1, 0.15) is 47.6 Å². The van der Waals surface area contributed by atoms with Gasteiger partial charge in [0.15, 0.2) is 11.0 Å². The van der Waals surface area contributed by atoms with E-state index in [-0.39, 0.29) is 5.91 Å². The summed E-state index contributed by atoms with van der Waals surface area (Å²) in [5, 5.41) is 10.6. The lowest BCUT2D eigenvalue weighted by Gasteiger charge is -2.17. The Bertz CT molecular complexity index is 1040. The molecular formula is C23H25ClN4OS. The van der Waals surface area contributed by atoms with Gasteiger partial charge in [0, 0.05) is 37.0 Å². The van der Waals surface area contributed by atoms with E-state index in [9.17, 15) is 4.79 Å². The molecule has 1 heterocycles. The fourth-order valence-electron chi connectivity index (χ4n) is 3.89. The Hall–Kier alpha value is -2.31. The molecule has 0 aliphatic heterocycles. The first-order chi connectivity index (χ1) is 14.5. The maximum absolute atomic E-state index is 12.3. The van der Waals surface area contributed by atoms with Crippen LogP contribution >= 0.6 is 23.4 Å². The maximum Gasteiger partial charge on any atom is 0.253 e. The minimum Gasteiger partial charge on any atom is -0.345 e. The number of aromatic nitrogens is 3. The summed E-state index contributed by atoms with van der Waals surface area (Å²) in [6.45, 7) is 0. The van der Waals surface area contributed by atoms with Crippen LogP contribution in [-0.4, -0.2) is 39.7 Å². The van der Waals surface area contributed by atoms with E-state index in [4.69, 9.17) is 11.6 Å². The van der Waals surface area contributed by atoms with E-state index in [0.717, 1.165) is 40.7 Å². The molecule has 1 aliphatic rings. The normalized spacial score (nSPS) is 14.2. The number of carbonyl (C=O) groups excluding carboxylic acids is 1. The van der Waals surface area contributed by atoms with E-state index < -0.39 is 0 Å². The number of benzene rings is 2. The van der Waals surface area contributed by atoms with Crippen LogP contribution in [0.15, 0.2) is 53.7 Å². The van der Waals surface area contributed by atoms with Gasteiger partial charge in [-0.3, -0.25) is 9.36 Å². The van der Waals surface area contributed by atoms with Gasteiger partial charge in [-0.15, -0.1) is 10.2 Å². The van der Waals surface area contributed by atoms with E-state index >= 15 is 0 Å². The van der Waals surface area contributed by atoms with Crippen LogP contribution in [0.4, 0.5) is 0 Å². The Morgan fingerprint density at radius 3 is 2.63 bits per heavy atom. The number of carbonyl (C=O) groups is 1. The molecule has 0 unspecified atom stereocenters. The second-order valence-corrected chi connectivity index (χ2v) is 9.13. The van der Waals surface area contributed by atoms with Gasteiger partial charge in [0.25, 0.3) is 5.91 Å². The molecule has 0 bridgehead atoms. The number of amides is 1. The molecule has 2 aromatic carbocycles. The fourth-order valence-corrected chi connectivity index (χ4v) is 5.06. The predicted octanol–water partition coefficient (Wildman–Crippen LogP) is 5.71. The molecule has 1 amide bonds. The molecular weight excluding hydrogens is 416 g/mol. The molecule has 7 heteroatoms. The van der Waals surface area contributed by atoms with E-state index in [2.05, 4.69) is 14.8 Å². The summed E-state index contributed by atoms with van der Waals surface area (Å²) in [5.74, 6) is 1.57. The number of hydrogen-bond acceptors (Lipinski definition) is 4. The van der Waals surface area contributed by atoms with Crippen molar-refractivity contribution in [3.05, 3.63) is 64.7 Å². The molecule has 156 valence electrons. The van der Waals surface area contributed by atoms with Crippen molar-refractivity contribution in [2.24, 2.45) is 0 Å². The van der Waals surface area contributed by atoms with E-state index in [0.29, 0.717) is 16.6 Å². The summed E-state index contributed by atoms with van der Waals surface area (Å²) in [6.07, 6.45) is 4.72. The topological polar surface area (TPSA) is 51.0 Å². The van der Waals surface area contributed by atoms with Crippen molar-refractivity contribution >= 4 is 29.3 Å². The zero-order chi connectivity index (χ0) is 21.1. The zero-order valence-corrected chi connectivity index (χ0v) is 18.8. The number of thioether (sulfide) groups is 1. The van der Waals surface area contributed by atoms with E-state index in [1.54, 1.807) is 30.8 Å². The van der Waals surface area contributed by atoms with Crippen LogP contribution in [-0.2, 0) is 5.75 Å². The molecule has 0 spiro atoms. The van der Waals surface area contributed by atoms with Crippen LogP contribution in [0.25, 0.3) is 11.4 Å². The van der Waals surface area contributed by atoms with Crippen LogP contribution in [0.3, 0.4) is 0 Å². The van der Waals surface area contributed by atoms with Crippen LogP contribution < -0.4 is 0 Å². The Morgan fingerprint density at radius 2 is 1.90 bits per heavy atom. The predicted molar refractivity (Wildman–Crippen MR) is 122 cm³/mol. The molecule has 0 saturated heterocycles. The second-order valence-electron chi connectivity index (χ2n) is 7.78. The summed E-state index contributed by atoms with van der Waals surface area (Å²) in [7, 11) is 3.54. The quantitative estimate of drug-likeness (QED) is 0.461. The smallest absolute Gasteiger partial charge is 0.253 e. The molecule has 4 rings (SSSR count).